The number of piperazine rings is 1. The van der Waals surface area contributed by atoms with Gasteiger partial charge in [0.1, 0.15) is 0 Å². The van der Waals surface area contributed by atoms with Crippen molar-refractivity contribution in [3.63, 3.8) is 0 Å². The normalized spacial score (nSPS) is 18.0. The van der Waals surface area contributed by atoms with Gasteiger partial charge in [-0.15, -0.1) is 11.3 Å². The number of nitrogens with zero attached hydrogens (tertiary/aromatic N) is 2. The molecule has 0 radical (unpaired) electrons. The largest absolute Gasteiger partial charge is 0.465 e. The summed E-state index contributed by atoms with van der Waals surface area (Å²) in [7, 11) is 0. The molecule has 1 amide bonds. The third kappa shape index (κ3) is 2.70. The molecule has 15 heavy (non-hydrogen) atoms. The van der Waals surface area contributed by atoms with Crippen LogP contribution in [0.15, 0.2) is 17.5 Å². The monoisotopic (exact) mass is 226 g/mol. The zero-order valence-electron chi connectivity index (χ0n) is 8.43. The highest BCUT2D eigenvalue weighted by molar-refractivity contribution is 7.09. The molecule has 1 aliphatic rings. The summed E-state index contributed by atoms with van der Waals surface area (Å²) in [5, 5.41) is 10.9. The van der Waals surface area contributed by atoms with Crippen molar-refractivity contribution in [1.82, 2.24) is 9.80 Å². The van der Waals surface area contributed by atoms with Gasteiger partial charge in [-0.05, 0) is 11.4 Å². The van der Waals surface area contributed by atoms with Crippen molar-refractivity contribution in [2.75, 3.05) is 26.2 Å². The molecule has 0 unspecified atom stereocenters. The van der Waals surface area contributed by atoms with Crippen LogP contribution in [0.3, 0.4) is 0 Å². The standard InChI is InChI=1S/C10H14N2O2S/c13-10(14)12-5-3-11(4-6-12)8-9-2-1-7-15-9/h1-2,7H,3-6,8H2,(H,13,14). The Labute approximate surface area is 92.7 Å². The topological polar surface area (TPSA) is 43.8 Å². The summed E-state index contributed by atoms with van der Waals surface area (Å²) in [6.07, 6.45) is -0.800. The van der Waals surface area contributed by atoms with Gasteiger partial charge in [0.25, 0.3) is 0 Å². The van der Waals surface area contributed by atoms with Crippen molar-refractivity contribution in [2.45, 2.75) is 6.54 Å². The summed E-state index contributed by atoms with van der Waals surface area (Å²) in [6, 6.07) is 4.17. The molecule has 5 heteroatoms. The molecule has 0 spiro atoms. The summed E-state index contributed by atoms with van der Waals surface area (Å²) in [4.78, 5) is 15.8. The van der Waals surface area contributed by atoms with Gasteiger partial charge in [0.2, 0.25) is 0 Å². The molecule has 1 aromatic heterocycles. The Morgan fingerprint density at radius 2 is 2.13 bits per heavy atom. The van der Waals surface area contributed by atoms with E-state index < -0.39 is 6.09 Å². The van der Waals surface area contributed by atoms with E-state index in [-0.39, 0.29) is 0 Å². The highest BCUT2D eigenvalue weighted by Crippen LogP contribution is 2.13. The molecule has 1 saturated heterocycles. The maximum absolute atomic E-state index is 10.7. The van der Waals surface area contributed by atoms with Crippen LogP contribution in [-0.2, 0) is 6.54 Å². The molecule has 82 valence electrons. The van der Waals surface area contributed by atoms with Gasteiger partial charge in [0.05, 0.1) is 0 Å². The fourth-order valence-electron chi connectivity index (χ4n) is 1.72. The minimum atomic E-state index is -0.800. The molecular weight excluding hydrogens is 212 g/mol. The Kier molecular flexibility index (Phi) is 3.23. The number of rotatable bonds is 2. The second-order valence-corrected chi connectivity index (χ2v) is 4.66. The maximum Gasteiger partial charge on any atom is 0.407 e. The first-order chi connectivity index (χ1) is 7.25. The highest BCUT2D eigenvalue weighted by atomic mass is 32.1. The molecule has 0 aromatic carbocycles. The molecule has 0 atom stereocenters. The molecule has 1 aromatic rings. The molecular formula is C10H14N2O2S. The van der Waals surface area contributed by atoms with E-state index in [0.717, 1.165) is 19.6 Å². The van der Waals surface area contributed by atoms with Crippen molar-refractivity contribution in [3.8, 4) is 0 Å². The summed E-state index contributed by atoms with van der Waals surface area (Å²) < 4.78 is 0. The number of hydrogen-bond acceptors (Lipinski definition) is 3. The van der Waals surface area contributed by atoms with Crippen molar-refractivity contribution in [3.05, 3.63) is 22.4 Å². The van der Waals surface area contributed by atoms with E-state index in [4.69, 9.17) is 5.11 Å². The molecule has 1 fully saturated rings. The fourth-order valence-corrected chi connectivity index (χ4v) is 2.47. The minimum Gasteiger partial charge on any atom is -0.465 e. The lowest BCUT2D eigenvalue weighted by Crippen LogP contribution is -2.47. The second-order valence-electron chi connectivity index (χ2n) is 3.63. The van der Waals surface area contributed by atoms with Crippen LogP contribution in [0, 0.1) is 0 Å². The zero-order chi connectivity index (χ0) is 10.7. The van der Waals surface area contributed by atoms with E-state index in [1.807, 2.05) is 6.07 Å². The van der Waals surface area contributed by atoms with Crippen LogP contribution in [0.5, 0.6) is 0 Å². The van der Waals surface area contributed by atoms with Gasteiger partial charge in [-0.1, -0.05) is 6.07 Å². The number of hydrogen-bond donors (Lipinski definition) is 1. The van der Waals surface area contributed by atoms with Crippen molar-refractivity contribution in [1.29, 1.82) is 0 Å². The average Bonchev–Trinajstić information content (AvgIpc) is 2.71. The predicted octanol–water partition coefficient (Wildman–Crippen LogP) is 1.54. The summed E-state index contributed by atoms with van der Waals surface area (Å²) in [5.41, 5.74) is 0. The quantitative estimate of drug-likeness (QED) is 0.832. The Morgan fingerprint density at radius 1 is 1.40 bits per heavy atom. The lowest BCUT2D eigenvalue weighted by molar-refractivity contribution is 0.103. The van der Waals surface area contributed by atoms with Crippen LogP contribution in [-0.4, -0.2) is 47.2 Å². The van der Waals surface area contributed by atoms with Gasteiger partial charge in [-0.2, -0.15) is 0 Å². The molecule has 2 rings (SSSR count). The SMILES string of the molecule is O=C(O)N1CCN(Cc2cccs2)CC1. The molecule has 0 aliphatic carbocycles. The first-order valence-electron chi connectivity index (χ1n) is 4.98. The number of carbonyl (C=O) groups is 1. The van der Waals surface area contributed by atoms with Crippen LogP contribution < -0.4 is 0 Å². The molecule has 0 bridgehead atoms. The Morgan fingerprint density at radius 3 is 2.67 bits per heavy atom. The molecule has 1 N–H and O–H groups in total. The highest BCUT2D eigenvalue weighted by Gasteiger charge is 2.20. The zero-order valence-corrected chi connectivity index (χ0v) is 9.24. The van der Waals surface area contributed by atoms with E-state index in [1.54, 1.807) is 11.3 Å². The average molecular weight is 226 g/mol. The summed E-state index contributed by atoms with van der Waals surface area (Å²) in [6.45, 7) is 3.88. The minimum absolute atomic E-state index is 0.626. The molecule has 4 nitrogen and oxygen atoms in total. The molecule has 0 saturated carbocycles. The lowest BCUT2D eigenvalue weighted by atomic mass is 10.3. The second kappa shape index (κ2) is 4.63. The van der Waals surface area contributed by atoms with E-state index in [9.17, 15) is 4.79 Å². The van der Waals surface area contributed by atoms with Gasteiger partial charge in [0, 0.05) is 37.6 Å². The van der Waals surface area contributed by atoms with Crippen LogP contribution in [0.2, 0.25) is 0 Å². The van der Waals surface area contributed by atoms with Gasteiger partial charge in [-0.3, -0.25) is 4.90 Å². The first kappa shape index (κ1) is 10.4. The van der Waals surface area contributed by atoms with E-state index >= 15 is 0 Å². The van der Waals surface area contributed by atoms with E-state index in [1.165, 1.54) is 9.78 Å². The van der Waals surface area contributed by atoms with Gasteiger partial charge < -0.3 is 10.0 Å². The van der Waals surface area contributed by atoms with Crippen LogP contribution in [0.25, 0.3) is 0 Å². The van der Waals surface area contributed by atoms with Crippen molar-refractivity contribution >= 4 is 17.4 Å². The van der Waals surface area contributed by atoms with Crippen LogP contribution in [0.1, 0.15) is 4.88 Å². The Bertz CT molecular complexity index is 318. The predicted molar refractivity (Wildman–Crippen MR) is 59.2 cm³/mol. The van der Waals surface area contributed by atoms with Gasteiger partial charge in [-0.25, -0.2) is 4.79 Å². The number of amides is 1. The maximum atomic E-state index is 10.7. The molecule has 2 heterocycles. The summed E-state index contributed by atoms with van der Waals surface area (Å²) in [5.74, 6) is 0. The third-order valence-electron chi connectivity index (χ3n) is 2.60. The molecule has 1 aliphatic heterocycles. The van der Waals surface area contributed by atoms with Crippen molar-refractivity contribution in [2.24, 2.45) is 0 Å². The third-order valence-corrected chi connectivity index (χ3v) is 3.46. The van der Waals surface area contributed by atoms with E-state index in [0.29, 0.717) is 13.1 Å². The number of carboxylic acid groups (broad SMARTS) is 1. The smallest absolute Gasteiger partial charge is 0.407 e. The fraction of sp³-hybridized carbons (Fsp3) is 0.500. The Hall–Kier alpha value is -1.07. The lowest BCUT2D eigenvalue weighted by Gasteiger charge is -2.32. The van der Waals surface area contributed by atoms with Crippen LogP contribution >= 0.6 is 11.3 Å². The Balaban J connectivity index is 1.81. The van der Waals surface area contributed by atoms with E-state index in [2.05, 4.69) is 16.3 Å². The van der Waals surface area contributed by atoms with Crippen LogP contribution in [0.4, 0.5) is 4.79 Å². The van der Waals surface area contributed by atoms with Crippen molar-refractivity contribution < 1.29 is 9.90 Å². The number of thiophene rings is 1. The summed E-state index contributed by atoms with van der Waals surface area (Å²) >= 11 is 1.75. The van der Waals surface area contributed by atoms with Gasteiger partial charge >= 0.3 is 6.09 Å². The first-order valence-corrected chi connectivity index (χ1v) is 5.86. The van der Waals surface area contributed by atoms with Gasteiger partial charge in [0.15, 0.2) is 0 Å².